The highest BCUT2D eigenvalue weighted by atomic mass is 16.5. The lowest BCUT2D eigenvalue weighted by Gasteiger charge is -2.25. The van der Waals surface area contributed by atoms with Crippen LogP contribution in [0.3, 0.4) is 0 Å². The molecule has 2 aromatic carbocycles. The van der Waals surface area contributed by atoms with E-state index >= 15 is 0 Å². The summed E-state index contributed by atoms with van der Waals surface area (Å²) in [5, 5.41) is 13.3. The highest BCUT2D eigenvalue weighted by Crippen LogP contribution is 2.43. The van der Waals surface area contributed by atoms with Crippen LogP contribution in [-0.2, 0) is 22.5 Å². The molecule has 0 radical (unpaired) electrons. The molecule has 0 saturated heterocycles. The standard InChI is InChI=1S/C22H24N2O2.C4H10O/c1-13-5-7-16(8-6-13)20-17(12-19(25)26-4)15(3)21-22-18(20)11-14(2)24(22)10-9-23-21;1-4(2,3)5/h5-8,11,23H,9-10,12H2,1-4H3;5H,1-3H3. The van der Waals surface area contributed by atoms with Gasteiger partial charge in [-0.3, -0.25) is 4.79 Å². The van der Waals surface area contributed by atoms with Crippen molar-refractivity contribution < 1.29 is 14.6 Å². The van der Waals surface area contributed by atoms with Gasteiger partial charge in [-0.2, -0.15) is 0 Å². The molecule has 0 atom stereocenters. The maximum absolute atomic E-state index is 12.1. The summed E-state index contributed by atoms with van der Waals surface area (Å²) in [7, 11) is 1.45. The highest BCUT2D eigenvalue weighted by Gasteiger charge is 2.25. The zero-order valence-electron chi connectivity index (χ0n) is 19.7. The van der Waals surface area contributed by atoms with Gasteiger partial charge in [-0.25, -0.2) is 0 Å². The molecule has 0 bridgehead atoms. The summed E-state index contributed by atoms with van der Waals surface area (Å²) in [5.41, 5.74) is 8.86. The zero-order valence-corrected chi connectivity index (χ0v) is 19.7. The number of carbonyl (C=O) groups is 1. The minimum absolute atomic E-state index is 0.208. The number of aliphatic hydroxyl groups is 1. The Kier molecular flexibility index (Phi) is 6.46. The molecule has 1 aromatic heterocycles. The zero-order chi connectivity index (χ0) is 22.9. The molecule has 1 aliphatic heterocycles. The van der Waals surface area contributed by atoms with Gasteiger partial charge in [0.15, 0.2) is 0 Å². The van der Waals surface area contributed by atoms with Crippen LogP contribution in [0, 0.1) is 20.8 Å². The van der Waals surface area contributed by atoms with E-state index in [-0.39, 0.29) is 12.4 Å². The van der Waals surface area contributed by atoms with Crippen molar-refractivity contribution in [1.29, 1.82) is 0 Å². The SMILES string of the molecule is CC(C)(C)O.COC(=O)Cc1c(C)c2c3c(cc(C)n3CCN2)c1-c1ccc(C)cc1. The first-order chi connectivity index (χ1) is 14.5. The number of hydrogen-bond acceptors (Lipinski definition) is 4. The lowest BCUT2D eigenvalue weighted by Crippen LogP contribution is -2.19. The lowest BCUT2D eigenvalue weighted by molar-refractivity contribution is -0.139. The van der Waals surface area contributed by atoms with Crippen LogP contribution >= 0.6 is 0 Å². The van der Waals surface area contributed by atoms with Crippen LogP contribution in [0.2, 0.25) is 0 Å². The number of benzene rings is 2. The summed E-state index contributed by atoms with van der Waals surface area (Å²) in [6.07, 6.45) is 0.278. The fourth-order valence-corrected chi connectivity index (χ4v) is 4.10. The normalized spacial score (nSPS) is 12.8. The molecule has 31 heavy (non-hydrogen) atoms. The summed E-state index contributed by atoms with van der Waals surface area (Å²) < 4.78 is 7.37. The molecular weight excluding hydrogens is 388 g/mol. The monoisotopic (exact) mass is 422 g/mol. The molecule has 2 N–H and O–H groups in total. The molecule has 5 nitrogen and oxygen atoms in total. The number of aryl methyl sites for hydroxylation is 2. The summed E-state index contributed by atoms with van der Waals surface area (Å²) in [4.78, 5) is 12.1. The highest BCUT2D eigenvalue weighted by molar-refractivity contribution is 6.07. The molecule has 0 unspecified atom stereocenters. The Labute approximate surface area is 185 Å². The van der Waals surface area contributed by atoms with Crippen molar-refractivity contribution in [3.63, 3.8) is 0 Å². The van der Waals surface area contributed by atoms with Gasteiger partial charge in [0.05, 0.1) is 30.3 Å². The number of nitrogens with zero attached hydrogens (tertiary/aromatic N) is 1. The van der Waals surface area contributed by atoms with Crippen molar-refractivity contribution in [3.8, 4) is 11.1 Å². The molecule has 4 rings (SSSR count). The second-order valence-electron chi connectivity index (χ2n) is 9.27. The van der Waals surface area contributed by atoms with Gasteiger partial charge in [0, 0.05) is 24.2 Å². The van der Waals surface area contributed by atoms with Crippen LogP contribution < -0.4 is 5.32 Å². The molecule has 0 spiro atoms. The van der Waals surface area contributed by atoms with E-state index in [9.17, 15) is 4.79 Å². The average molecular weight is 423 g/mol. The van der Waals surface area contributed by atoms with E-state index in [0.717, 1.165) is 41.0 Å². The van der Waals surface area contributed by atoms with Crippen LogP contribution in [0.5, 0.6) is 0 Å². The van der Waals surface area contributed by atoms with Crippen molar-refractivity contribution in [2.45, 2.75) is 60.1 Å². The van der Waals surface area contributed by atoms with E-state index in [0.29, 0.717) is 0 Å². The molecular formula is C26H34N2O3. The van der Waals surface area contributed by atoms with Crippen LogP contribution in [0.1, 0.15) is 43.2 Å². The van der Waals surface area contributed by atoms with Gasteiger partial charge in [0.25, 0.3) is 0 Å². The van der Waals surface area contributed by atoms with E-state index in [1.54, 1.807) is 20.8 Å². The number of aromatic nitrogens is 1. The first-order valence-electron chi connectivity index (χ1n) is 10.8. The van der Waals surface area contributed by atoms with Crippen LogP contribution in [-0.4, -0.2) is 34.9 Å². The molecule has 0 aliphatic carbocycles. The first-order valence-corrected chi connectivity index (χ1v) is 10.8. The molecule has 5 heteroatoms. The summed E-state index contributed by atoms with van der Waals surface area (Å²) in [6, 6.07) is 10.8. The molecule has 0 fully saturated rings. The van der Waals surface area contributed by atoms with Crippen LogP contribution in [0.15, 0.2) is 30.3 Å². The quantitative estimate of drug-likeness (QED) is 0.573. The molecule has 166 valence electrons. The van der Waals surface area contributed by atoms with Gasteiger partial charge in [-0.1, -0.05) is 29.8 Å². The van der Waals surface area contributed by atoms with Gasteiger partial charge in [-0.15, -0.1) is 0 Å². The predicted molar refractivity (Wildman–Crippen MR) is 128 cm³/mol. The second kappa shape index (κ2) is 8.75. The smallest absolute Gasteiger partial charge is 0.310 e. The van der Waals surface area contributed by atoms with Gasteiger partial charge in [-0.05, 0) is 69.9 Å². The number of hydrogen-bond donors (Lipinski definition) is 2. The number of carbonyl (C=O) groups excluding carboxylic acids is 1. The van der Waals surface area contributed by atoms with Crippen LogP contribution in [0.25, 0.3) is 22.0 Å². The van der Waals surface area contributed by atoms with Gasteiger partial charge in [0.1, 0.15) is 0 Å². The number of rotatable bonds is 3. The number of nitrogens with one attached hydrogen (secondary N) is 1. The fourth-order valence-electron chi connectivity index (χ4n) is 4.10. The summed E-state index contributed by atoms with van der Waals surface area (Å²) in [6.45, 7) is 13.4. The van der Waals surface area contributed by atoms with Gasteiger partial charge < -0.3 is 19.7 Å². The maximum Gasteiger partial charge on any atom is 0.310 e. The van der Waals surface area contributed by atoms with Gasteiger partial charge in [0.2, 0.25) is 0 Å². The Morgan fingerprint density at radius 1 is 1.16 bits per heavy atom. The third-order valence-electron chi connectivity index (χ3n) is 5.47. The van der Waals surface area contributed by atoms with E-state index in [2.05, 4.69) is 61.0 Å². The Morgan fingerprint density at radius 3 is 2.35 bits per heavy atom. The fraction of sp³-hybridized carbons (Fsp3) is 0.423. The molecule has 2 heterocycles. The molecule has 0 saturated carbocycles. The van der Waals surface area contributed by atoms with Crippen molar-refractivity contribution in [1.82, 2.24) is 4.57 Å². The van der Waals surface area contributed by atoms with E-state index in [1.807, 2.05) is 0 Å². The Balaban J connectivity index is 0.000000491. The van der Waals surface area contributed by atoms with E-state index in [1.165, 1.54) is 29.3 Å². The van der Waals surface area contributed by atoms with Crippen LogP contribution in [0.4, 0.5) is 5.69 Å². The topological polar surface area (TPSA) is 63.5 Å². The predicted octanol–water partition coefficient (Wildman–Crippen LogP) is 5.15. The Morgan fingerprint density at radius 2 is 1.77 bits per heavy atom. The first kappa shape index (κ1) is 22.9. The average Bonchev–Trinajstić information content (AvgIpc) is 3.03. The van der Waals surface area contributed by atoms with Crippen molar-refractivity contribution in [2.24, 2.45) is 0 Å². The maximum atomic E-state index is 12.1. The van der Waals surface area contributed by atoms with Gasteiger partial charge >= 0.3 is 5.97 Å². The minimum Gasteiger partial charge on any atom is -0.469 e. The number of methoxy groups -OCH3 is 1. The Hall–Kier alpha value is -2.79. The molecule has 1 aliphatic rings. The second-order valence-corrected chi connectivity index (χ2v) is 9.27. The van der Waals surface area contributed by atoms with Crippen molar-refractivity contribution >= 4 is 22.6 Å². The number of ether oxygens (including phenoxy) is 1. The van der Waals surface area contributed by atoms with Crippen molar-refractivity contribution in [2.75, 3.05) is 19.0 Å². The van der Waals surface area contributed by atoms with E-state index in [4.69, 9.17) is 9.84 Å². The molecule has 0 amide bonds. The Bertz CT molecular complexity index is 1100. The third-order valence-corrected chi connectivity index (χ3v) is 5.47. The van der Waals surface area contributed by atoms with E-state index < -0.39 is 5.60 Å². The minimum atomic E-state index is -0.500. The largest absolute Gasteiger partial charge is 0.469 e. The number of esters is 1. The summed E-state index contributed by atoms with van der Waals surface area (Å²) >= 11 is 0. The summed E-state index contributed by atoms with van der Waals surface area (Å²) in [5.74, 6) is -0.208. The lowest BCUT2D eigenvalue weighted by atomic mass is 9.89. The third kappa shape index (κ3) is 4.93. The van der Waals surface area contributed by atoms with Crippen molar-refractivity contribution in [3.05, 3.63) is 52.7 Å². The molecule has 3 aromatic rings. The number of anilines is 1.